The lowest BCUT2D eigenvalue weighted by Crippen LogP contribution is -1.96. The third-order valence-electron chi connectivity index (χ3n) is 2.17. The van der Waals surface area contributed by atoms with Crippen molar-refractivity contribution in [2.45, 2.75) is 26.2 Å². The Balaban J connectivity index is 3.09. The molecule has 0 amide bonds. The molecule has 0 spiro atoms. The van der Waals surface area contributed by atoms with Crippen LogP contribution in [0.4, 0.5) is 0 Å². The molecule has 1 aromatic carbocycles. The number of rotatable bonds is 2. The van der Waals surface area contributed by atoms with Crippen molar-refractivity contribution >= 4 is 11.6 Å². The van der Waals surface area contributed by atoms with Gasteiger partial charge in [-0.25, -0.2) is 0 Å². The summed E-state index contributed by atoms with van der Waals surface area (Å²) in [6.45, 7) is 4.00. The van der Waals surface area contributed by atoms with Crippen LogP contribution >= 0.6 is 11.6 Å². The van der Waals surface area contributed by atoms with E-state index in [0.717, 1.165) is 22.6 Å². The Labute approximate surface area is 84.0 Å². The maximum atomic E-state index is 8.89. The first-order chi connectivity index (χ1) is 6.19. The second kappa shape index (κ2) is 4.30. The summed E-state index contributed by atoms with van der Waals surface area (Å²) in [4.78, 5) is 0. The summed E-state index contributed by atoms with van der Waals surface area (Å²) in [5.74, 6) is -0.00253. The van der Waals surface area contributed by atoms with Gasteiger partial charge in [0.2, 0.25) is 0 Å². The molecule has 0 saturated heterocycles. The molecule has 1 atom stereocenters. The van der Waals surface area contributed by atoms with E-state index in [-0.39, 0.29) is 5.92 Å². The quantitative estimate of drug-likeness (QED) is 0.703. The topological polar surface area (TPSA) is 23.8 Å². The second-order valence-electron chi connectivity index (χ2n) is 3.09. The summed E-state index contributed by atoms with van der Waals surface area (Å²) in [6.07, 6.45) is 0.846. The predicted molar refractivity (Wildman–Crippen MR) is 54.8 cm³/mol. The molecule has 1 aromatic rings. The van der Waals surface area contributed by atoms with Crippen molar-refractivity contribution in [3.05, 3.63) is 34.3 Å². The smallest absolute Gasteiger partial charge is 0.0712 e. The summed E-state index contributed by atoms with van der Waals surface area (Å²) in [5.41, 5.74) is 2.19. The predicted octanol–water partition coefficient (Wildman–Crippen LogP) is 3.67. The van der Waals surface area contributed by atoms with Crippen LogP contribution in [0.25, 0.3) is 0 Å². The SMILES string of the molecule is CCC(C#N)c1ccc(Cl)cc1C. The number of nitrogens with zero attached hydrogens (tertiary/aromatic N) is 1. The zero-order valence-corrected chi connectivity index (χ0v) is 8.60. The van der Waals surface area contributed by atoms with Crippen molar-refractivity contribution in [1.82, 2.24) is 0 Å². The Morgan fingerprint density at radius 1 is 1.54 bits per heavy atom. The van der Waals surface area contributed by atoms with Crippen molar-refractivity contribution in [3.8, 4) is 6.07 Å². The number of hydrogen-bond donors (Lipinski definition) is 0. The van der Waals surface area contributed by atoms with Gasteiger partial charge in [-0.05, 0) is 36.6 Å². The van der Waals surface area contributed by atoms with Gasteiger partial charge in [0.25, 0.3) is 0 Å². The minimum Gasteiger partial charge on any atom is -0.198 e. The Morgan fingerprint density at radius 2 is 2.23 bits per heavy atom. The Hall–Kier alpha value is -1.00. The highest BCUT2D eigenvalue weighted by Crippen LogP contribution is 2.24. The highest BCUT2D eigenvalue weighted by atomic mass is 35.5. The molecular formula is C11H12ClN. The van der Waals surface area contributed by atoms with E-state index >= 15 is 0 Å². The maximum Gasteiger partial charge on any atom is 0.0712 e. The molecule has 0 N–H and O–H groups in total. The molecule has 0 aromatic heterocycles. The average Bonchev–Trinajstić information content (AvgIpc) is 2.10. The average molecular weight is 194 g/mol. The van der Waals surface area contributed by atoms with Gasteiger partial charge in [0.05, 0.1) is 12.0 Å². The normalized spacial score (nSPS) is 12.2. The molecule has 2 heteroatoms. The molecule has 68 valence electrons. The fraction of sp³-hybridized carbons (Fsp3) is 0.364. The summed E-state index contributed by atoms with van der Waals surface area (Å²) >= 11 is 5.83. The highest BCUT2D eigenvalue weighted by molar-refractivity contribution is 6.30. The Kier molecular flexibility index (Phi) is 3.33. The maximum absolute atomic E-state index is 8.89. The molecule has 0 aliphatic carbocycles. The first-order valence-corrected chi connectivity index (χ1v) is 4.72. The van der Waals surface area contributed by atoms with Crippen LogP contribution in [0.3, 0.4) is 0 Å². The third kappa shape index (κ3) is 2.23. The molecule has 1 nitrogen and oxygen atoms in total. The summed E-state index contributed by atoms with van der Waals surface area (Å²) in [6, 6.07) is 7.96. The lowest BCUT2D eigenvalue weighted by Gasteiger charge is -2.09. The number of hydrogen-bond acceptors (Lipinski definition) is 1. The van der Waals surface area contributed by atoms with E-state index in [1.54, 1.807) is 0 Å². The lowest BCUT2D eigenvalue weighted by atomic mass is 9.94. The van der Waals surface area contributed by atoms with Gasteiger partial charge in [-0.1, -0.05) is 24.6 Å². The molecule has 0 heterocycles. The standard InChI is InChI=1S/C11H12ClN/c1-3-9(7-13)11-5-4-10(12)6-8(11)2/h4-6,9H,3H2,1-2H3. The number of aryl methyl sites for hydroxylation is 1. The fourth-order valence-electron chi connectivity index (χ4n) is 1.41. The van der Waals surface area contributed by atoms with E-state index in [9.17, 15) is 0 Å². The van der Waals surface area contributed by atoms with Crippen LogP contribution in [0, 0.1) is 18.3 Å². The van der Waals surface area contributed by atoms with Crippen molar-refractivity contribution in [2.24, 2.45) is 0 Å². The van der Waals surface area contributed by atoms with Crippen LogP contribution in [0.1, 0.15) is 30.4 Å². The zero-order valence-electron chi connectivity index (χ0n) is 7.84. The molecule has 13 heavy (non-hydrogen) atoms. The molecule has 0 saturated carbocycles. The second-order valence-corrected chi connectivity index (χ2v) is 3.53. The molecule has 1 unspecified atom stereocenters. The molecule has 0 bridgehead atoms. The van der Waals surface area contributed by atoms with Gasteiger partial charge in [-0.3, -0.25) is 0 Å². The van der Waals surface area contributed by atoms with Gasteiger partial charge in [0, 0.05) is 5.02 Å². The molecule has 0 aliphatic heterocycles. The largest absolute Gasteiger partial charge is 0.198 e. The van der Waals surface area contributed by atoms with Gasteiger partial charge in [-0.15, -0.1) is 0 Å². The van der Waals surface area contributed by atoms with Crippen molar-refractivity contribution in [3.63, 3.8) is 0 Å². The van der Waals surface area contributed by atoms with Gasteiger partial charge < -0.3 is 0 Å². The Morgan fingerprint density at radius 3 is 2.69 bits per heavy atom. The van der Waals surface area contributed by atoms with Crippen molar-refractivity contribution in [2.75, 3.05) is 0 Å². The van der Waals surface area contributed by atoms with E-state index in [4.69, 9.17) is 16.9 Å². The number of halogens is 1. The lowest BCUT2D eigenvalue weighted by molar-refractivity contribution is 0.811. The summed E-state index contributed by atoms with van der Waals surface area (Å²) in [5, 5.41) is 9.62. The molecule has 0 aliphatic rings. The van der Waals surface area contributed by atoms with E-state index in [1.807, 2.05) is 32.0 Å². The van der Waals surface area contributed by atoms with Crippen molar-refractivity contribution in [1.29, 1.82) is 5.26 Å². The molecule has 0 radical (unpaired) electrons. The molecule has 1 rings (SSSR count). The number of nitriles is 1. The van der Waals surface area contributed by atoms with Crippen LogP contribution in [0.2, 0.25) is 5.02 Å². The van der Waals surface area contributed by atoms with E-state index in [2.05, 4.69) is 6.07 Å². The van der Waals surface area contributed by atoms with E-state index in [1.165, 1.54) is 0 Å². The van der Waals surface area contributed by atoms with Gasteiger partial charge in [-0.2, -0.15) is 5.26 Å². The van der Waals surface area contributed by atoms with Crippen LogP contribution in [-0.4, -0.2) is 0 Å². The molecule has 0 fully saturated rings. The fourth-order valence-corrected chi connectivity index (χ4v) is 1.64. The van der Waals surface area contributed by atoms with Gasteiger partial charge >= 0.3 is 0 Å². The summed E-state index contributed by atoms with van der Waals surface area (Å²) < 4.78 is 0. The highest BCUT2D eigenvalue weighted by Gasteiger charge is 2.10. The number of benzene rings is 1. The van der Waals surface area contributed by atoms with E-state index < -0.39 is 0 Å². The van der Waals surface area contributed by atoms with Gasteiger partial charge in [0.15, 0.2) is 0 Å². The Bertz CT molecular complexity index is 338. The third-order valence-corrected chi connectivity index (χ3v) is 2.41. The van der Waals surface area contributed by atoms with E-state index in [0.29, 0.717) is 0 Å². The first kappa shape index (κ1) is 10.1. The first-order valence-electron chi connectivity index (χ1n) is 4.34. The summed E-state index contributed by atoms with van der Waals surface area (Å²) in [7, 11) is 0. The van der Waals surface area contributed by atoms with Crippen LogP contribution < -0.4 is 0 Å². The van der Waals surface area contributed by atoms with Crippen LogP contribution in [0.15, 0.2) is 18.2 Å². The minimum absolute atomic E-state index is 0.00253. The van der Waals surface area contributed by atoms with Gasteiger partial charge in [0.1, 0.15) is 0 Å². The monoisotopic (exact) mass is 193 g/mol. The van der Waals surface area contributed by atoms with Crippen LogP contribution in [0.5, 0.6) is 0 Å². The minimum atomic E-state index is -0.00253. The zero-order chi connectivity index (χ0) is 9.84. The molecular weight excluding hydrogens is 182 g/mol. The van der Waals surface area contributed by atoms with Crippen molar-refractivity contribution < 1.29 is 0 Å². The van der Waals surface area contributed by atoms with Crippen LogP contribution in [-0.2, 0) is 0 Å².